The Bertz CT molecular complexity index is 561. The Morgan fingerprint density at radius 2 is 1.89 bits per heavy atom. The number of aryl methyl sites for hydroxylation is 1. The van der Waals surface area contributed by atoms with Crippen molar-refractivity contribution in [1.29, 1.82) is 0 Å². The SMILES string of the molecule is Cc1cccc(COc2ccc(Br)cc2C(C)C)c1. The predicted molar refractivity (Wildman–Crippen MR) is 83.7 cm³/mol. The van der Waals surface area contributed by atoms with Crippen LogP contribution in [0.5, 0.6) is 5.75 Å². The van der Waals surface area contributed by atoms with Gasteiger partial charge in [0.05, 0.1) is 0 Å². The molecule has 0 heterocycles. The van der Waals surface area contributed by atoms with Crippen LogP contribution in [-0.2, 0) is 6.61 Å². The minimum absolute atomic E-state index is 0.449. The Labute approximate surface area is 123 Å². The third-order valence-electron chi connectivity index (χ3n) is 3.07. The van der Waals surface area contributed by atoms with Crippen LogP contribution in [0.4, 0.5) is 0 Å². The van der Waals surface area contributed by atoms with E-state index in [-0.39, 0.29) is 0 Å². The zero-order chi connectivity index (χ0) is 13.8. The fraction of sp³-hybridized carbons (Fsp3) is 0.294. The molecule has 0 atom stereocenters. The topological polar surface area (TPSA) is 9.23 Å². The molecule has 0 aliphatic carbocycles. The Morgan fingerprint density at radius 1 is 1.11 bits per heavy atom. The van der Waals surface area contributed by atoms with Crippen LogP contribution in [0.1, 0.15) is 36.5 Å². The van der Waals surface area contributed by atoms with Crippen molar-refractivity contribution in [3.63, 3.8) is 0 Å². The zero-order valence-electron chi connectivity index (χ0n) is 11.6. The van der Waals surface area contributed by atoms with Gasteiger partial charge in [0.25, 0.3) is 0 Å². The molecule has 2 heteroatoms. The second-order valence-corrected chi connectivity index (χ2v) is 6.03. The molecule has 2 aromatic carbocycles. The molecule has 19 heavy (non-hydrogen) atoms. The molecule has 0 aromatic heterocycles. The van der Waals surface area contributed by atoms with E-state index in [1.165, 1.54) is 16.7 Å². The van der Waals surface area contributed by atoms with E-state index in [1.807, 2.05) is 12.1 Å². The zero-order valence-corrected chi connectivity index (χ0v) is 13.2. The van der Waals surface area contributed by atoms with Gasteiger partial charge >= 0.3 is 0 Å². The van der Waals surface area contributed by atoms with Gasteiger partial charge in [0.1, 0.15) is 12.4 Å². The van der Waals surface area contributed by atoms with E-state index >= 15 is 0 Å². The third kappa shape index (κ3) is 3.84. The first kappa shape index (κ1) is 14.1. The third-order valence-corrected chi connectivity index (χ3v) is 3.56. The highest BCUT2D eigenvalue weighted by Gasteiger charge is 2.08. The number of halogens is 1. The van der Waals surface area contributed by atoms with Gasteiger partial charge in [0.2, 0.25) is 0 Å². The van der Waals surface area contributed by atoms with Crippen molar-refractivity contribution in [2.45, 2.75) is 33.3 Å². The highest BCUT2D eigenvalue weighted by Crippen LogP contribution is 2.30. The molecule has 0 amide bonds. The molecule has 0 spiro atoms. The lowest BCUT2D eigenvalue weighted by atomic mass is 10.0. The first-order chi connectivity index (χ1) is 9.06. The summed E-state index contributed by atoms with van der Waals surface area (Å²) in [5.41, 5.74) is 3.71. The largest absolute Gasteiger partial charge is 0.489 e. The summed E-state index contributed by atoms with van der Waals surface area (Å²) in [4.78, 5) is 0. The number of rotatable bonds is 4. The lowest BCUT2D eigenvalue weighted by molar-refractivity contribution is 0.301. The summed E-state index contributed by atoms with van der Waals surface area (Å²) in [5, 5.41) is 0. The van der Waals surface area contributed by atoms with E-state index in [0.29, 0.717) is 12.5 Å². The maximum absolute atomic E-state index is 5.97. The van der Waals surface area contributed by atoms with Gasteiger partial charge in [-0.2, -0.15) is 0 Å². The first-order valence-electron chi connectivity index (χ1n) is 6.54. The monoisotopic (exact) mass is 318 g/mol. The molecule has 0 fully saturated rings. The number of hydrogen-bond acceptors (Lipinski definition) is 1. The van der Waals surface area contributed by atoms with Crippen LogP contribution >= 0.6 is 15.9 Å². The standard InChI is InChI=1S/C17H19BrO/c1-12(2)16-10-15(18)7-8-17(16)19-11-14-6-4-5-13(3)9-14/h4-10,12H,11H2,1-3H3. The quantitative estimate of drug-likeness (QED) is 0.727. The molecule has 2 aromatic rings. The normalized spacial score (nSPS) is 10.8. The minimum Gasteiger partial charge on any atom is -0.489 e. The Hall–Kier alpha value is -1.28. The van der Waals surface area contributed by atoms with Crippen LogP contribution in [-0.4, -0.2) is 0 Å². The summed E-state index contributed by atoms with van der Waals surface area (Å²) < 4.78 is 7.07. The van der Waals surface area contributed by atoms with Crippen molar-refractivity contribution in [3.8, 4) is 5.75 Å². The first-order valence-corrected chi connectivity index (χ1v) is 7.33. The summed E-state index contributed by atoms with van der Waals surface area (Å²) in [7, 11) is 0. The van der Waals surface area contributed by atoms with E-state index in [0.717, 1.165) is 10.2 Å². The van der Waals surface area contributed by atoms with Gasteiger partial charge in [-0.05, 0) is 42.2 Å². The molecule has 0 unspecified atom stereocenters. The van der Waals surface area contributed by atoms with Gasteiger partial charge in [-0.15, -0.1) is 0 Å². The van der Waals surface area contributed by atoms with E-state index < -0.39 is 0 Å². The minimum atomic E-state index is 0.449. The van der Waals surface area contributed by atoms with Crippen molar-refractivity contribution in [3.05, 3.63) is 63.6 Å². The number of hydrogen-bond donors (Lipinski definition) is 0. The molecule has 0 radical (unpaired) electrons. The summed E-state index contributed by atoms with van der Waals surface area (Å²) >= 11 is 3.51. The van der Waals surface area contributed by atoms with Gasteiger partial charge in [-0.1, -0.05) is 59.6 Å². The van der Waals surface area contributed by atoms with Crippen LogP contribution in [0.2, 0.25) is 0 Å². The summed E-state index contributed by atoms with van der Waals surface area (Å²) in [6.07, 6.45) is 0. The summed E-state index contributed by atoms with van der Waals surface area (Å²) in [6.45, 7) is 7.08. The van der Waals surface area contributed by atoms with Crippen LogP contribution < -0.4 is 4.74 Å². The molecule has 0 aliphatic rings. The fourth-order valence-corrected chi connectivity index (χ4v) is 2.44. The summed E-state index contributed by atoms with van der Waals surface area (Å²) in [6, 6.07) is 14.6. The van der Waals surface area contributed by atoms with Gasteiger partial charge in [-0.25, -0.2) is 0 Å². The number of benzene rings is 2. The van der Waals surface area contributed by atoms with Crippen molar-refractivity contribution >= 4 is 15.9 Å². The van der Waals surface area contributed by atoms with Crippen molar-refractivity contribution in [1.82, 2.24) is 0 Å². The maximum Gasteiger partial charge on any atom is 0.123 e. The predicted octanol–water partition coefficient (Wildman–Crippen LogP) is 5.46. The number of ether oxygens (including phenoxy) is 1. The average molecular weight is 319 g/mol. The lowest BCUT2D eigenvalue weighted by Crippen LogP contribution is -2.00. The molecular formula is C17H19BrO. The van der Waals surface area contributed by atoms with Gasteiger partial charge in [0.15, 0.2) is 0 Å². The van der Waals surface area contributed by atoms with Crippen molar-refractivity contribution in [2.24, 2.45) is 0 Å². The fourth-order valence-electron chi connectivity index (χ4n) is 2.06. The van der Waals surface area contributed by atoms with E-state index in [4.69, 9.17) is 4.74 Å². The molecule has 0 bridgehead atoms. The Morgan fingerprint density at radius 3 is 2.58 bits per heavy atom. The lowest BCUT2D eigenvalue weighted by Gasteiger charge is -2.14. The van der Waals surface area contributed by atoms with E-state index in [9.17, 15) is 0 Å². The van der Waals surface area contributed by atoms with Gasteiger partial charge in [0, 0.05) is 4.47 Å². The molecule has 0 saturated heterocycles. The Balaban J connectivity index is 2.15. The molecule has 2 rings (SSSR count). The molecule has 0 saturated carbocycles. The van der Waals surface area contributed by atoms with E-state index in [1.54, 1.807) is 0 Å². The second kappa shape index (κ2) is 6.25. The van der Waals surface area contributed by atoms with Gasteiger partial charge < -0.3 is 4.74 Å². The molecule has 0 aliphatic heterocycles. The highest BCUT2D eigenvalue weighted by molar-refractivity contribution is 9.10. The molecule has 1 nitrogen and oxygen atoms in total. The van der Waals surface area contributed by atoms with Crippen molar-refractivity contribution in [2.75, 3.05) is 0 Å². The highest BCUT2D eigenvalue weighted by atomic mass is 79.9. The van der Waals surface area contributed by atoms with Crippen LogP contribution in [0.25, 0.3) is 0 Å². The molecule has 100 valence electrons. The second-order valence-electron chi connectivity index (χ2n) is 5.11. The smallest absolute Gasteiger partial charge is 0.123 e. The van der Waals surface area contributed by atoms with Crippen LogP contribution in [0.15, 0.2) is 46.9 Å². The Kier molecular flexibility index (Phi) is 4.65. The summed E-state index contributed by atoms with van der Waals surface area (Å²) in [5.74, 6) is 1.42. The molecular weight excluding hydrogens is 300 g/mol. The average Bonchev–Trinajstić information content (AvgIpc) is 2.37. The van der Waals surface area contributed by atoms with E-state index in [2.05, 4.69) is 67.0 Å². The maximum atomic E-state index is 5.97. The van der Waals surface area contributed by atoms with Crippen molar-refractivity contribution < 1.29 is 4.74 Å². The van der Waals surface area contributed by atoms with Gasteiger partial charge in [-0.3, -0.25) is 0 Å². The van der Waals surface area contributed by atoms with Crippen LogP contribution in [0.3, 0.4) is 0 Å². The van der Waals surface area contributed by atoms with Crippen LogP contribution in [0, 0.1) is 6.92 Å². The molecule has 0 N–H and O–H groups in total.